The predicted molar refractivity (Wildman–Crippen MR) is 122 cm³/mol. The summed E-state index contributed by atoms with van der Waals surface area (Å²) < 4.78 is 0. The summed E-state index contributed by atoms with van der Waals surface area (Å²) in [5.41, 5.74) is 11.9. The molecule has 3 amide bonds. The third-order valence-corrected chi connectivity index (χ3v) is 4.99. The molecule has 3 atom stereocenters. The lowest BCUT2D eigenvalue weighted by atomic mass is 10.0. The van der Waals surface area contributed by atoms with Crippen molar-refractivity contribution in [3.8, 4) is 5.75 Å². The number of benzene rings is 1. The van der Waals surface area contributed by atoms with Crippen LogP contribution in [-0.2, 0) is 25.6 Å². The number of carbonyl (C=O) groups excluding carboxylic acids is 3. The van der Waals surface area contributed by atoms with Crippen LogP contribution in [0.5, 0.6) is 5.75 Å². The van der Waals surface area contributed by atoms with E-state index in [1.165, 1.54) is 12.1 Å². The molecule has 0 aliphatic carbocycles. The molecule has 0 spiro atoms. The first-order valence-electron chi connectivity index (χ1n) is 10.9. The lowest BCUT2D eigenvalue weighted by molar-refractivity contribution is -0.141. The Morgan fingerprint density at radius 3 is 2.18 bits per heavy atom. The van der Waals surface area contributed by atoms with Crippen LogP contribution in [0.1, 0.15) is 38.7 Å². The van der Waals surface area contributed by atoms with Crippen LogP contribution in [0.2, 0.25) is 0 Å². The van der Waals surface area contributed by atoms with Crippen LogP contribution in [-0.4, -0.2) is 65.1 Å². The van der Waals surface area contributed by atoms with Gasteiger partial charge in [0.1, 0.15) is 17.8 Å². The zero-order chi connectivity index (χ0) is 25.0. The monoisotopic (exact) mass is 465 g/mol. The maximum atomic E-state index is 12.5. The first kappa shape index (κ1) is 27.9. The maximum Gasteiger partial charge on any atom is 0.326 e. The number of hydrogen-bond donors (Lipinski definition) is 7. The average molecular weight is 466 g/mol. The Hall–Kier alpha value is -3.18. The Kier molecular flexibility index (Phi) is 11.9. The Morgan fingerprint density at radius 2 is 1.64 bits per heavy atom. The van der Waals surface area contributed by atoms with Gasteiger partial charge in [0.15, 0.2) is 0 Å². The van der Waals surface area contributed by atoms with Gasteiger partial charge in [0.05, 0.1) is 12.6 Å². The van der Waals surface area contributed by atoms with Crippen LogP contribution in [0, 0.1) is 5.92 Å². The van der Waals surface area contributed by atoms with E-state index in [4.69, 9.17) is 11.5 Å². The minimum absolute atomic E-state index is 0.00200. The average Bonchev–Trinajstić information content (AvgIpc) is 2.76. The molecule has 0 saturated carbocycles. The fourth-order valence-electron chi connectivity index (χ4n) is 3.03. The number of unbranched alkanes of at least 4 members (excludes halogenated alkanes) is 1. The normalized spacial score (nSPS) is 13.6. The summed E-state index contributed by atoms with van der Waals surface area (Å²) >= 11 is 0. The van der Waals surface area contributed by atoms with E-state index in [1.54, 1.807) is 26.0 Å². The third kappa shape index (κ3) is 10.3. The van der Waals surface area contributed by atoms with Crippen LogP contribution < -0.4 is 27.4 Å². The second kappa shape index (κ2) is 14.1. The van der Waals surface area contributed by atoms with Crippen molar-refractivity contribution in [2.45, 2.75) is 57.7 Å². The zero-order valence-corrected chi connectivity index (χ0v) is 19.0. The number of nitrogens with two attached hydrogens (primary N) is 2. The van der Waals surface area contributed by atoms with Crippen molar-refractivity contribution in [2.24, 2.45) is 17.4 Å². The second-order valence-corrected chi connectivity index (χ2v) is 8.17. The Bertz CT molecular complexity index is 799. The summed E-state index contributed by atoms with van der Waals surface area (Å²) in [4.78, 5) is 48.6. The number of carboxylic acid groups (broad SMARTS) is 1. The second-order valence-electron chi connectivity index (χ2n) is 8.17. The standard InChI is InChI=1S/C22H35N5O6/c1-13(2)19(27-20(30)16(24)5-3-4-10-23)21(31)25-12-18(29)26-17(22(32)33)11-14-6-8-15(28)9-7-14/h6-9,13,16-17,19,28H,3-5,10-12,23-24H2,1-2H3,(H,25,31)(H,26,29)(H,27,30)(H,32,33). The molecule has 184 valence electrons. The Balaban J connectivity index is 2.61. The SMILES string of the molecule is CC(C)C(NC(=O)C(N)CCCCN)C(=O)NCC(=O)NC(Cc1ccc(O)cc1)C(=O)O. The quantitative estimate of drug-likeness (QED) is 0.174. The fourth-order valence-corrected chi connectivity index (χ4v) is 3.03. The molecule has 11 heteroatoms. The molecule has 0 saturated heterocycles. The minimum Gasteiger partial charge on any atom is -0.508 e. The maximum absolute atomic E-state index is 12.5. The fraction of sp³-hybridized carbons (Fsp3) is 0.545. The first-order valence-corrected chi connectivity index (χ1v) is 10.9. The van der Waals surface area contributed by atoms with Crippen LogP contribution >= 0.6 is 0 Å². The Morgan fingerprint density at radius 1 is 1.00 bits per heavy atom. The lowest BCUT2D eigenvalue weighted by Crippen LogP contribution is -2.55. The van der Waals surface area contributed by atoms with Gasteiger partial charge in [0.2, 0.25) is 17.7 Å². The molecule has 1 aromatic carbocycles. The number of phenols is 1. The highest BCUT2D eigenvalue weighted by atomic mass is 16.4. The molecule has 3 unspecified atom stereocenters. The van der Waals surface area contributed by atoms with E-state index in [9.17, 15) is 29.4 Å². The molecule has 0 fully saturated rings. The number of carboxylic acids is 1. The largest absolute Gasteiger partial charge is 0.508 e. The Labute approximate surface area is 193 Å². The number of amides is 3. The van der Waals surface area contributed by atoms with Crippen molar-refractivity contribution in [1.29, 1.82) is 0 Å². The minimum atomic E-state index is -1.24. The van der Waals surface area contributed by atoms with Gasteiger partial charge in [-0.1, -0.05) is 32.4 Å². The predicted octanol–water partition coefficient (Wildman–Crippen LogP) is -0.783. The summed E-state index contributed by atoms with van der Waals surface area (Å²) in [5.74, 6) is -3.20. The summed E-state index contributed by atoms with van der Waals surface area (Å²) in [6.07, 6.45) is 1.88. The van der Waals surface area contributed by atoms with E-state index in [2.05, 4.69) is 16.0 Å². The zero-order valence-electron chi connectivity index (χ0n) is 19.0. The number of carbonyl (C=O) groups is 4. The van der Waals surface area contributed by atoms with Crippen molar-refractivity contribution in [2.75, 3.05) is 13.1 Å². The van der Waals surface area contributed by atoms with Gasteiger partial charge in [0, 0.05) is 6.42 Å². The number of aromatic hydroxyl groups is 1. The first-order chi connectivity index (χ1) is 15.5. The van der Waals surface area contributed by atoms with Crippen molar-refractivity contribution < 1.29 is 29.4 Å². The number of hydrogen-bond acceptors (Lipinski definition) is 7. The highest BCUT2D eigenvalue weighted by molar-refractivity contribution is 5.92. The molecule has 9 N–H and O–H groups in total. The molecule has 33 heavy (non-hydrogen) atoms. The summed E-state index contributed by atoms with van der Waals surface area (Å²) in [6.45, 7) is 3.52. The van der Waals surface area contributed by atoms with E-state index >= 15 is 0 Å². The summed E-state index contributed by atoms with van der Waals surface area (Å²) in [7, 11) is 0. The van der Waals surface area contributed by atoms with Crippen LogP contribution in [0.4, 0.5) is 0 Å². The van der Waals surface area contributed by atoms with Gasteiger partial charge < -0.3 is 37.6 Å². The van der Waals surface area contributed by atoms with Gasteiger partial charge in [0.25, 0.3) is 0 Å². The van der Waals surface area contributed by atoms with Crippen LogP contribution in [0.25, 0.3) is 0 Å². The van der Waals surface area contributed by atoms with Crippen molar-refractivity contribution in [1.82, 2.24) is 16.0 Å². The van der Waals surface area contributed by atoms with Gasteiger partial charge in [-0.05, 0) is 43.0 Å². The van der Waals surface area contributed by atoms with E-state index in [0.717, 1.165) is 6.42 Å². The molecule has 0 heterocycles. The molecule has 0 bridgehead atoms. The molecular weight excluding hydrogens is 430 g/mol. The van der Waals surface area contributed by atoms with E-state index in [0.29, 0.717) is 24.9 Å². The highest BCUT2D eigenvalue weighted by Gasteiger charge is 2.27. The van der Waals surface area contributed by atoms with Crippen LogP contribution in [0.3, 0.4) is 0 Å². The molecule has 11 nitrogen and oxygen atoms in total. The molecular formula is C22H35N5O6. The van der Waals surface area contributed by atoms with Gasteiger partial charge in [-0.25, -0.2) is 4.79 Å². The lowest BCUT2D eigenvalue weighted by Gasteiger charge is -2.23. The van der Waals surface area contributed by atoms with E-state index in [1.807, 2.05) is 0 Å². The molecule has 1 aromatic rings. The van der Waals surface area contributed by atoms with Gasteiger partial charge in [-0.15, -0.1) is 0 Å². The van der Waals surface area contributed by atoms with Crippen molar-refractivity contribution in [3.63, 3.8) is 0 Å². The summed E-state index contributed by atoms with van der Waals surface area (Å²) in [6, 6.07) is 3.04. The van der Waals surface area contributed by atoms with Gasteiger partial charge in [-0.3, -0.25) is 14.4 Å². The van der Waals surface area contributed by atoms with Crippen molar-refractivity contribution >= 4 is 23.7 Å². The number of phenolic OH excluding ortho intramolecular Hbond substituents is 1. The molecule has 0 radical (unpaired) electrons. The highest BCUT2D eigenvalue weighted by Crippen LogP contribution is 2.11. The van der Waals surface area contributed by atoms with Crippen molar-refractivity contribution in [3.05, 3.63) is 29.8 Å². The molecule has 1 rings (SSSR count). The van der Waals surface area contributed by atoms with Gasteiger partial charge in [-0.2, -0.15) is 0 Å². The smallest absolute Gasteiger partial charge is 0.326 e. The molecule has 0 aliphatic heterocycles. The summed E-state index contributed by atoms with van der Waals surface area (Å²) in [5, 5.41) is 26.1. The van der Waals surface area contributed by atoms with Gasteiger partial charge >= 0.3 is 5.97 Å². The molecule has 0 aliphatic rings. The topological polar surface area (TPSA) is 197 Å². The number of nitrogens with one attached hydrogen (secondary N) is 3. The number of aliphatic carboxylic acids is 1. The third-order valence-electron chi connectivity index (χ3n) is 4.99. The van der Waals surface area contributed by atoms with E-state index in [-0.39, 0.29) is 18.1 Å². The number of rotatable bonds is 14. The van der Waals surface area contributed by atoms with Crippen LogP contribution in [0.15, 0.2) is 24.3 Å². The van der Waals surface area contributed by atoms with E-state index < -0.39 is 48.4 Å². The molecule has 0 aromatic heterocycles.